The number of ether oxygens (including phenoxy) is 1. The van der Waals surface area contributed by atoms with Gasteiger partial charge in [-0.05, 0) is 24.3 Å². The molecule has 0 amide bonds. The van der Waals surface area contributed by atoms with Crippen molar-refractivity contribution in [3.8, 4) is 5.75 Å². The normalized spacial score (nSPS) is 12.4. The van der Waals surface area contributed by atoms with Gasteiger partial charge < -0.3 is 14.9 Å². The Morgan fingerprint density at radius 1 is 1.24 bits per heavy atom. The minimum atomic E-state index is -1.99. The summed E-state index contributed by atoms with van der Waals surface area (Å²) in [5.41, 5.74) is -0.918. The summed E-state index contributed by atoms with van der Waals surface area (Å²) in [4.78, 5) is 3.78. The number of hydrogen-bond acceptors (Lipinski definition) is 5. The highest BCUT2D eigenvalue weighted by molar-refractivity contribution is 6.30. The molecule has 2 aromatic rings. The molecule has 0 radical (unpaired) electrons. The van der Waals surface area contributed by atoms with Crippen LogP contribution in [0.5, 0.6) is 5.75 Å². The van der Waals surface area contributed by atoms with Crippen LogP contribution in [0.4, 0.5) is 0 Å². The summed E-state index contributed by atoms with van der Waals surface area (Å²) >= 11 is 5.80. The summed E-state index contributed by atoms with van der Waals surface area (Å²) in [5.74, 6) is -1.38. The van der Waals surface area contributed by atoms with Crippen LogP contribution in [0, 0.1) is 5.41 Å². The maximum absolute atomic E-state index is 10.3. The topological polar surface area (TPSA) is 80.4 Å². The number of aliphatic hydroxyl groups is 2. The largest absolute Gasteiger partial charge is 0.493 e. The predicted molar refractivity (Wildman–Crippen MR) is 77.9 cm³/mol. The number of aromatic nitrogens is 3. The molecule has 1 aromatic heterocycles. The molecule has 0 aliphatic carbocycles. The minimum Gasteiger partial charge on any atom is -0.493 e. The van der Waals surface area contributed by atoms with Crippen molar-refractivity contribution in [2.45, 2.75) is 26.2 Å². The first-order valence-corrected chi connectivity index (χ1v) is 6.83. The Morgan fingerprint density at radius 3 is 2.48 bits per heavy atom. The quantitative estimate of drug-likeness (QED) is 0.794. The van der Waals surface area contributed by atoms with E-state index in [4.69, 9.17) is 16.3 Å². The van der Waals surface area contributed by atoms with E-state index < -0.39 is 11.2 Å². The van der Waals surface area contributed by atoms with Crippen molar-refractivity contribution in [2.24, 2.45) is 5.41 Å². The molecule has 0 aliphatic rings. The number of hydrogen-bond donors (Lipinski definition) is 2. The first-order chi connectivity index (χ1) is 9.80. The molecule has 21 heavy (non-hydrogen) atoms. The molecule has 0 atom stereocenters. The smallest absolute Gasteiger partial charge is 0.191 e. The van der Waals surface area contributed by atoms with Gasteiger partial charge in [0.1, 0.15) is 18.4 Å². The van der Waals surface area contributed by atoms with E-state index in [1.165, 1.54) is 17.3 Å². The zero-order chi connectivity index (χ0) is 15.5. The fraction of sp³-hybridized carbons (Fsp3) is 0.429. The first-order valence-electron chi connectivity index (χ1n) is 6.46. The van der Waals surface area contributed by atoms with Crippen LogP contribution >= 0.6 is 11.6 Å². The summed E-state index contributed by atoms with van der Waals surface area (Å²) < 4.78 is 6.97. The summed E-state index contributed by atoms with van der Waals surface area (Å²) in [6, 6.07) is 6.88. The number of benzene rings is 1. The van der Waals surface area contributed by atoms with Crippen LogP contribution in [0.25, 0.3) is 0 Å². The molecule has 0 saturated carbocycles. The molecule has 6 nitrogen and oxygen atoms in total. The molecular formula is C14H18ClN3O3. The second-order valence-corrected chi connectivity index (χ2v) is 5.97. The third kappa shape index (κ3) is 3.93. The second kappa shape index (κ2) is 6.01. The SMILES string of the molecule is CC(C)(COc1ccc(Cl)cc1)C(O)(O)Cn1cncn1. The van der Waals surface area contributed by atoms with E-state index in [9.17, 15) is 10.2 Å². The van der Waals surface area contributed by atoms with Gasteiger partial charge in [0.05, 0.1) is 18.6 Å². The molecule has 1 heterocycles. The molecule has 2 N–H and O–H groups in total. The third-order valence-corrected chi connectivity index (χ3v) is 3.60. The molecule has 0 unspecified atom stereocenters. The lowest BCUT2D eigenvalue weighted by Gasteiger charge is -2.37. The molecule has 0 spiro atoms. The van der Waals surface area contributed by atoms with Crippen molar-refractivity contribution >= 4 is 11.6 Å². The monoisotopic (exact) mass is 311 g/mol. The molecule has 1 aromatic carbocycles. The Hall–Kier alpha value is -1.63. The van der Waals surface area contributed by atoms with E-state index in [1.807, 2.05) is 0 Å². The predicted octanol–water partition coefficient (Wildman–Crippen LogP) is 1.72. The van der Waals surface area contributed by atoms with Crippen molar-refractivity contribution in [1.29, 1.82) is 0 Å². The number of rotatable bonds is 6. The molecule has 0 fully saturated rings. The second-order valence-electron chi connectivity index (χ2n) is 5.54. The molecule has 0 aliphatic heterocycles. The highest BCUT2D eigenvalue weighted by Crippen LogP contribution is 2.31. The van der Waals surface area contributed by atoms with Crippen LogP contribution in [0.3, 0.4) is 0 Å². The van der Waals surface area contributed by atoms with Crippen LogP contribution in [-0.2, 0) is 6.54 Å². The van der Waals surface area contributed by atoms with Crippen LogP contribution < -0.4 is 4.74 Å². The zero-order valence-electron chi connectivity index (χ0n) is 11.9. The van der Waals surface area contributed by atoms with Gasteiger partial charge in [-0.15, -0.1) is 0 Å². The highest BCUT2D eigenvalue weighted by Gasteiger charge is 2.43. The van der Waals surface area contributed by atoms with Gasteiger partial charge in [-0.2, -0.15) is 5.10 Å². The summed E-state index contributed by atoms with van der Waals surface area (Å²) in [5, 5.41) is 25.1. The fourth-order valence-electron chi connectivity index (χ4n) is 1.66. The average Bonchev–Trinajstić information content (AvgIpc) is 2.90. The Kier molecular flexibility index (Phi) is 4.51. The molecule has 7 heteroatoms. The van der Waals surface area contributed by atoms with E-state index in [2.05, 4.69) is 10.1 Å². The van der Waals surface area contributed by atoms with Gasteiger partial charge in [-0.1, -0.05) is 25.4 Å². The maximum atomic E-state index is 10.3. The Bertz CT molecular complexity index is 568. The molecule has 0 bridgehead atoms. The standard InChI is InChI=1S/C14H18ClN3O3/c1-13(2,8-21-12-5-3-11(15)4-6-12)14(19,20)7-18-10-16-9-17-18/h3-6,9-10,19-20H,7-8H2,1-2H3. The van der Waals surface area contributed by atoms with Gasteiger partial charge in [0, 0.05) is 5.02 Å². The highest BCUT2D eigenvalue weighted by atomic mass is 35.5. The first kappa shape index (κ1) is 15.8. The molecule has 2 rings (SSSR count). The van der Waals surface area contributed by atoms with Crippen LogP contribution in [0.15, 0.2) is 36.9 Å². The van der Waals surface area contributed by atoms with E-state index in [-0.39, 0.29) is 13.2 Å². The van der Waals surface area contributed by atoms with E-state index in [0.29, 0.717) is 10.8 Å². The van der Waals surface area contributed by atoms with Gasteiger partial charge in [0.15, 0.2) is 5.79 Å². The average molecular weight is 312 g/mol. The molecule has 0 saturated heterocycles. The Labute approximate surface area is 128 Å². The van der Waals surface area contributed by atoms with E-state index in [0.717, 1.165) is 0 Å². The van der Waals surface area contributed by atoms with Crippen LogP contribution in [0.1, 0.15) is 13.8 Å². The van der Waals surface area contributed by atoms with Gasteiger partial charge in [-0.25, -0.2) is 9.67 Å². The zero-order valence-corrected chi connectivity index (χ0v) is 12.7. The molecule has 114 valence electrons. The van der Waals surface area contributed by atoms with Gasteiger partial charge in [-0.3, -0.25) is 0 Å². The van der Waals surface area contributed by atoms with E-state index >= 15 is 0 Å². The summed E-state index contributed by atoms with van der Waals surface area (Å²) in [6.45, 7) is 3.44. The van der Waals surface area contributed by atoms with Crippen molar-refractivity contribution in [1.82, 2.24) is 14.8 Å². The van der Waals surface area contributed by atoms with Crippen molar-refractivity contribution in [3.63, 3.8) is 0 Å². The lowest BCUT2D eigenvalue weighted by Crippen LogP contribution is -2.51. The van der Waals surface area contributed by atoms with Gasteiger partial charge >= 0.3 is 0 Å². The van der Waals surface area contributed by atoms with Crippen LogP contribution in [0.2, 0.25) is 5.02 Å². The minimum absolute atomic E-state index is 0.0933. The number of nitrogens with zero attached hydrogens (tertiary/aromatic N) is 3. The molecular weight excluding hydrogens is 294 g/mol. The number of halogens is 1. The maximum Gasteiger partial charge on any atom is 0.191 e. The lowest BCUT2D eigenvalue weighted by molar-refractivity contribution is -0.249. The Morgan fingerprint density at radius 2 is 1.90 bits per heavy atom. The van der Waals surface area contributed by atoms with Crippen molar-refractivity contribution in [2.75, 3.05) is 6.61 Å². The van der Waals surface area contributed by atoms with Crippen molar-refractivity contribution < 1.29 is 14.9 Å². The lowest BCUT2D eigenvalue weighted by atomic mass is 9.84. The summed E-state index contributed by atoms with van der Waals surface area (Å²) in [7, 11) is 0. The third-order valence-electron chi connectivity index (χ3n) is 3.35. The van der Waals surface area contributed by atoms with Gasteiger partial charge in [0.2, 0.25) is 0 Å². The van der Waals surface area contributed by atoms with Crippen molar-refractivity contribution in [3.05, 3.63) is 41.9 Å². The van der Waals surface area contributed by atoms with Gasteiger partial charge in [0.25, 0.3) is 0 Å². The van der Waals surface area contributed by atoms with E-state index in [1.54, 1.807) is 38.1 Å². The fourth-order valence-corrected chi connectivity index (χ4v) is 1.79. The summed E-state index contributed by atoms with van der Waals surface area (Å²) in [6.07, 6.45) is 2.77. The van der Waals surface area contributed by atoms with Crippen LogP contribution in [-0.4, -0.2) is 37.4 Å². The Balaban J connectivity index is 2.00.